The van der Waals surface area contributed by atoms with E-state index < -0.39 is 66.8 Å². The second kappa shape index (κ2) is 19.8. The Hall–Kier alpha value is -5.71. The first-order valence-electron chi connectivity index (χ1n) is 17.2. The minimum absolute atomic E-state index is 0.0913. The van der Waals surface area contributed by atoms with E-state index in [2.05, 4.69) is 21.2 Å². The number of nitrogens with one attached hydrogen (secondary N) is 3. The van der Waals surface area contributed by atoms with Crippen LogP contribution in [0.2, 0.25) is 0 Å². The fourth-order valence-corrected chi connectivity index (χ4v) is 6.35. The van der Waals surface area contributed by atoms with Gasteiger partial charge in [-0.15, -0.1) is 0 Å². The third-order valence-electron chi connectivity index (χ3n) is 8.99. The molecular formula is C37H45N7O9. The molecule has 0 saturated heterocycles. The molecule has 3 aromatic rings. The standard InChI is InChI=1S/C37H45N7O9/c38-29(17-12-24-6-2-1-3-7-24)37(53)42-41-36(52)26-13-10-25(11-14-26)18-40-35(51)27-15-16-28(39-19-27)20-43(21-32(45)46)30-8-4-5-9-31(30)44(22-33(47)48)23-34(49)50/h1-3,6-7,10-11,13-16,19,29-31H,4-5,8-9,12,17-18,20-23,38H2,(H,40,51)(H,41,52)(H,42,53)(H,45,46)(H,47,48)(H,49,50)/t29-,30+,31+/m1/s1. The molecule has 1 saturated carbocycles. The zero-order valence-electron chi connectivity index (χ0n) is 29.1. The van der Waals surface area contributed by atoms with E-state index in [9.17, 15) is 44.1 Å². The smallest absolute Gasteiger partial charge is 0.317 e. The number of nitrogens with zero attached hydrogens (tertiary/aromatic N) is 3. The highest BCUT2D eigenvalue weighted by Gasteiger charge is 2.36. The summed E-state index contributed by atoms with van der Waals surface area (Å²) in [4.78, 5) is 80.1. The van der Waals surface area contributed by atoms with Crippen LogP contribution in [0.25, 0.3) is 0 Å². The lowest BCUT2D eigenvalue weighted by molar-refractivity contribution is -0.146. The summed E-state index contributed by atoms with van der Waals surface area (Å²) in [7, 11) is 0. The van der Waals surface area contributed by atoms with Gasteiger partial charge >= 0.3 is 17.9 Å². The van der Waals surface area contributed by atoms with E-state index in [0.717, 1.165) is 18.4 Å². The fraction of sp³-hybridized carbons (Fsp3) is 0.378. The Balaban J connectivity index is 1.28. The van der Waals surface area contributed by atoms with Crippen molar-refractivity contribution in [1.82, 2.24) is 31.0 Å². The van der Waals surface area contributed by atoms with Crippen molar-refractivity contribution in [1.29, 1.82) is 0 Å². The average molecular weight is 732 g/mol. The van der Waals surface area contributed by atoms with Crippen molar-refractivity contribution in [3.05, 3.63) is 101 Å². The van der Waals surface area contributed by atoms with E-state index in [1.807, 2.05) is 30.3 Å². The van der Waals surface area contributed by atoms with Gasteiger partial charge in [-0.3, -0.25) is 54.4 Å². The number of aryl methyl sites for hydroxylation is 1. The van der Waals surface area contributed by atoms with Crippen LogP contribution in [0.1, 0.15) is 69.6 Å². The summed E-state index contributed by atoms with van der Waals surface area (Å²) < 4.78 is 0. The van der Waals surface area contributed by atoms with Crippen molar-refractivity contribution in [2.45, 2.75) is 69.7 Å². The number of aromatic nitrogens is 1. The first kappa shape index (κ1) is 40.1. The zero-order chi connectivity index (χ0) is 38.3. The number of hydrogen-bond acceptors (Lipinski definition) is 10. The Morgan fingerprint density at radius 3 is 1.89 bits per heavy atom. The topological polar surface area (TPSA) is 245 Å². The maximum atomic E-state index is 12.9. The van der Waals surface area contributed by atoms with Crippen LogP contribution >= 0.6 is 0 Å². The van der Waals surface area contributed by atoms with Gasteiger partial charge in [0, 0.05) is 36.9 Å². The number of carbonyl (C=O) groups is 6. The van der Waals surface area contributed by atoms with Gasteiger partial charge in [-0.2, -0.15) is 0 Å². The Morgan fingerprint density at radius 1 is 0.717 bits per heavy atom. The Morgan fingerprint density at radius 2 is 1.30 bits per heavy atom. The van der Waals surface area contributed by atoms with Crippen LogP contribution in [0, 0.1) is 0 Å². The molecular weight excluding hydrogens is 686 g/mol. The lowest BCUT2D eigenvalue weighted by Crippen LogP contribution is -2.56. The highest BCUT2D eigenvalue weighted by Crippen LogP contribution is 2.28. The molecule has 53 heavy (non-hydrogen) atoms. The van der Waals surface area contributed by atoms with E-state index in [1.54, 1.807) is 41.3 Å². The molecule has 8 N–H and O–H groups in total. The Bertz CT molecular complexity index is 1710. The monoisotopic (exact) mass is 731 g/mol. The van der Waals surface area contributed by atoms with Crippen LogP contribution in [-0.2, 0) is 38.7 Å². The van der Waals surface area contributed by atoms with Gasteiger partial charge < -0.3 is 26.4 Å². The number of benzene rings is 2. The van der Waals surface area contributed by atoms with Crippen LogP contribution in [0.15, 0.2) is 72.9 Å². The minimum atomic E-state index is -1.17. The van der Waals surface area contributed by atoms with E-state index in [1.165, 1.54) is 11.1 Å². The van der Waals surface area contributed by atoms with Crippen molar-refractivity contribution < 1.29 is 44.1 Å². The van der Waals surface area contributed by atoms with Crippen LogP contribution in [0.3, 0.4) is 0 Å². The third kappa shape index (κ3) is 12.8. The maximum absolute atomic E-state index is 12.9. The molecule has 1 aliphatic rings. The summed E-state index contributed by atoms with van der Waals surface area (Å²) in [6, 6.07) is 17.5. The predicted molar refractivity (Wildman–Crippen MR) is 191 cm³/mol. The molecule has 0 spiro atoms. The van der Waals surface area contributed by atoms with Gasteiger partial charge in [0.15, 0.2) is 0 Å². The number of carboxylic acid groups (broad SMARTS) is 3. The molecule has 0 radical (unpaired) electrons. The molecule has 2 aromatic carbocycles. The van der Waals surface area contributed by atoms with Crippen molar-refractivity contribution in [3.8, 4) is 0 Å². The molecule has 1 fully saturated rings. The molecule has 3 atom stereocenters. The lowest BCUT2D eigenvalue weighted by Gasteiger charge is -2.43. The molecule has 16 heteroatoms. The summed E-state index contributed by atoms with van der Waals surface area (Å²) in [6.45, 7) is -1.09. The number of hydrogen-bond donors (Lipinski definition) is 7. The number of amides is 3. The first-order chi connectivity index (χ1) is 25.4. The second-order valence-corrected chi connectivity index (χ2v) is 12.9. The lowest BCUT2D eigenvalue weighted by atomic mass is 9.87. The highest BCUT2D eigenvalue weighted by atomic mass is 16.4. The first-order valence-corrected chi connectivity index (χ1v) is 17.2. The summed E-state index contributed by atoms with van der Waals surface area (Å²) in [5, 5.41) is 31.3. The summed E-state index contributed by atoms with van der Waals surface area (Å²) >= 11 is 0. The maximum Gasteiger partial charge on any atom is 0.317 e. The quantitative estimate of drug-likeness (QED) is 0.0917. The van der Waals surface area contributed by atoms with E-state index in [0.29, 0.717) is 36.9 Å². The minimum Gasteiger partial charge on any atom is -0.480 e. The number of carboxylic acids is 3. The van der Waals surface area contributed by atoms with Gasteiger partial charge in [-0.05, 0) is 61.1 Å². The largest absolute Gasteiger partial charge is 0.480 e. The molecule has 282 valence electrons. The molecule has 1 aromatic heterocycles. The van der Waals surface area contributed by atoms with Crippen LogP contribution in [-0.4, -0.2) is 103 Å². The zero-order valence-corrected chi connectivity index (χ0v) is 29.1. The molecule has 0 bridgehead atoms. The number of hydrazine groups is 1. The van der Waals surface area contributed by atoms with Gasteiger partial charge in [-0.1, -0.05) is 55.3 Å². The van der Waals surface area contributed by atoms with Crippen LogP contribution < -0.4 is 21.9 Å². The normalized spacial score (nSPS) is 16.1. The molecule has 1 aliphatic carbocycles. The van der Waals surface area contributed by atoms with Gasteiger partial charge in [-0.25, -0.2) is 0 Å². The molecule has 1 heterocycles. The number of carbonyl (C=O) groups excluding carboxylic acids is 3. The fourth-order valence-electron chi connectivity index (χ4n) is 6.35. The van der Waals surface area contributed by atoms with E-state index >= 15 is 0 Å². The average Bonchev–Trinajstić information content (AvgIpc) is 3.14. The number of nitrogens with two attached hydrogens (primary N) is 1. The number of aliphatic carboxylic acids is 3. The number of rotatable bonds is 18. The molecule has 4 rings (SSSR count). The summed E-state index contributed by atoms with van der Waals surface area (Å²) in [6.07, 6.45) is 5.01. The summed E-state index contributed by atoms with van der Waals surface area (Å²) in [5.41, 5.74) is 13.5. The van der Waals surface area contributed by atoms with Crippen molar-refractivity contribution in [2.75, 3.05) is 19.6 Å². The van der Waals surface area contributed by atoms with Gasteiger partial charge in [0.05, 0.1) is 36.9 Å². The Kier molecular flexibility index (Phi) is 15.0. The third-order valence-corrected chi connectivity index (χ3v) is 8.99. The summed E-state index contributed by atoms with van der Waals surface area (Å²) in [5.74, 6) is -4.89. The predicted octanol–water partition coefficient (Wildman–Crippen LogP) is 1.40. The molecule has 16 nitrogen and oxygen atoms in total. The van der Waals surface area contributed by atoms with Crippen molar-refractivity contribution >= 4 is 35.6 Å². The van der Waals surface area contributed by atoms with E-state index in [-0.39, 0.29) is 30.8 Å². The van der Waals surface area contributed by atoms with Gasteiger partial charge in [0.2, 0.25) is 0 Å². The molecule has 0 unspecified atom stereocenters. The second-order valence-electron chi connectivity index (χ2n) is 12.9. The number of pyridine rings is 1. The van der Waals surface area contributed by atoms with Crippen molar-refractivity contribution in [3.63, 3.8) is 0 Å². The van der Waals surface area contributed by atoms with E-state index in [4.69, 9.17) is 5.73 Å². The SMILES string of the molecule is N[C@H](CCc1ccccc1)C(=O)NNC(=O)c1ccc(CNC(=O)c2ccc(CN(CC(=O)O)[C@H]3CCCC[C@@H]3N(CC(=O)O)CC(=O)O)nc2)cc1. The van der Waals surface area contributed by atoms with Gasteiger partial charge in [0.25, 0.3) is 17.7 Å². The molecule has 0 aliphatic heterocycles. The van der Waals surface area contributed by atoms with Crippen molar-refractivity contribution in [2.24, 2.45) is 5.73 Å². The van der Waals surface area contributed by atoms with Gasteiger partial charge in [0.1, 0.15) is 0 Å². The van der Waals surface area contributed by atoms with Crippen LogP contribution in [0.4, 0.5) is 0 Å². The molecule has 3 amide bonds. The Labute approximate surface area is 306 Å². The van der Waals surface area contributed by atoms with Crippen LogP contribution in [0.5, 0.6) is 0 Å². The highest BCUT2D eigenvalue weighted by molar-refractivity contribution is 5.96.